The Morgan fingerprint density at radius 2 is 1.55 bits per heavy atom. The van der Waals surface area contributed by atoms with E-state index in [4.69, 9.17) is 28.8 Å². The molecule has 3 heterocycles. The Morgan fingerprint density at radius 3 is 2.11 bits per heavy atom. The monoisotopic (exact) mass is 690 g/mol. The second kappa shape index (κ2) is 16.4. The van der Waals surface area contributed by atoms with Crippen LogP contribution in [-0.4, -0.2) is 203 Å². The summed E-state index contributed by atoms with van der Waals surface area (Å²) in [6.07, 6.45) is -25.5. The molecule has 0 aromatic rings. The van der Waals surface area contributed by atoms with Gasteiger partial charge in [-0.2, -0.15) is 0 Å². The van der Waals surface area contributed by atoms with E-state index in [-0.39, 0.29) is 0 Å². The Hall–Kier alpha value is -2.23. The molecule has 3 rings (SSSR count). The first kappa shape index (κ1) is 39.2. The van der Waals surface area contributed by atoms with Crippen LogP contribution >= 0.6 is 0 Å². The molecular formula is C25H42N2O20. The number of aliphatic hydroxyl groups is 11. The van der Waals surface area contributed by atoms with Crippen LogP contribution < -0.4 is 10.6 Å². The fourth-order valence-corrected chi connectivity index (χ4v) is 5.45. The molecule has 0 saturated carbocycles. The predicted molar refractivity (Wildman–Crippen MR) is 143 cm³/mol. The number of carbonyl (C=O) groups is 3. The zero-order valence-corrected chi connectivity index (χ0v) is 24.8. The van der Waals surface area contributed by atoms with Crippen LogP contribution in [0.25, 0.3) is 0 Å². The van der Waals surface area contributed by atoms with Crippen molar-refractivity contribution in [2.45, 2.75) is 111 Å². The van der Waals surface area contributed by atoms with Crippen molar-refractivity contribution in [3.8, 4) is 0 Å². The van der Waals surface area contributed by atoms with Gasteiger partial charge in [-0.15, -0.1) is 0 Å². The van der Waals surface area contributed by atoms with Crippen LogP contribution in [0.3, 0.4) is 0 Å². The number of nitrogens with one attached hydrogen (secondary N) is 2. The van der Waals surface area contributed by atoms with Crippen molar-refractivity contribution in [3.05, 3.63) is 0 Å². The normalized spacial score (nSPS) is 42.3. The molecule has 0 spiro atoms. The van der Waals surface area contributed by atoms with E-state index >= 15 is 0 Å². The highest BCUT2D eigenvalue weighted by molar-refractivity contribution is 5.78. The number of hydrogen-bond acceptors (Lipinski definition) is 19. The molecular weight excluding hydrogens is 648 g/mol. The number of carbonyl (C=O) groups excluding carboxylic acids is 2. The average molecular weight is 691 g/mol. The van der Waals surface area contributed by atoms with Crippen molar-refractivity contribution in [2.75, 3.05) is 26.4 Å². The van der Waals surface area contributed by atoms with Crippen LogP contribution in [0, 0.1) is 0 Å². The number of rotatable bonds is 13. The molecule has 0 radical (unpaired) electrons. The van der Waals surface area contributed by atoms with Gasteiger partial charge in [0, 0.05) is 13.3 Å². The molecule has 22 nitrogen and oxygen atoms in total. The van der Waals surface area contributed by atoms with Crippen molar-refractivity contribution in [1.29, 1.82) is 0 Å². The summed E-state index contributed by atoms with van der Waals surface area (Å²) in [5.74, 6) is -6.66. The van der Waals surface area contributed by atoms with Gasteiger partial charge in [-0.05, 0) is 0 Å². The van der Waals surface area contributed by atoms with Crippen LogP contribution in [0.15, 0.2) is 0 Å². The zero-order valence-electron chi connectivity index (χ0n) is 24.8. The number of ether oxygens (including phenoxy) is 5. The van der Waals surface area contributed by atoms with E-state index in [0.29, 0.717) is 0 Å². The average Bonchev–Trinajstić information content (AvgIpc) is 3.03. The molecule has 3 saturated heterocycles. The highest BCUT2D eigenvalue weighted by atomic mass is 16.7. The second-order valence-electron chi connectivity index (χ2n) is 11.3. The maximum atomic E-state index is 12.5. The number of aliphatic carboxylic acids is 1. The van der Waals surface area contributed by atoms with Crippen molar-refractivity contribution < 1.29 is 99.3 Å². The zero-order chi connectivity index (χ0) is 35.4. The Morgan fingerprint density at radius 1 is 0.894 bits per heavy atom. The Kier molecular flexibility index (Phi) is 13.7. The number of hydrogen-bond donors (Lipinski definition) is 14. The van der Waals surface area contributed by atoms with E-state index < -0.39 is 148 Å². The van der Waals surface area contributed by atoms with Gasteiger partial charge in [0.2, 0.25) is 11.8 Å². The molecule has 0 bridgehead atoms. The third-order valence-corrected chi connectivity index (χ3v) is 7.97. The first-order valence-electron chi connectivity index (χ1n) is 14.4. The molecule has 0 aromatic carbocycles. The summed E-state index contributed by atoms with van der Waals surface area (Å²) in [6.45, 7) is -2.95. The fraction of sp³-hybridized carbons (Fsp3) is 0.880. The van der Waals surface area contributed by atoms with Crippen molar-refractivity contribution in [3.63, 3.8) is 0 Å². The van der Waals surface area contributed by atoms with Crippen molar-refractivity contribution >= 4 is 17.8 Å². The molecule has 0 aliphatic carbocycles. The maximum absolute atomic E-state index is 12.5. The molecule has 3 aliphatic rings. The van der Waals surface area contributed by atoms with Gasteiger partial charge >= 0.3 is 5.97 Å². The molecule has 3 fully saturated rings. The first-order valence-corrected chi connectivity index (χ1v) is 14.4. The maximum Gasteiger partial charge on any atom is 0.364 e. The lowest BCUT2D eigenvalue weighted by Crippen LogP contribution is -2.69. The third kappa shape index (κ3) is 8.69. The summed E-state index contributed by atoms with van der Waals surface area (Å²) in [5.41, 5.74) is 0. The minimum atomic E-state index is -2.91. The van der Waals surface area contributed by atoms with Crippen LogP contribution in [0.4, 0.5) is 0 Å². The van der Waals surface area contributed by atoms with Crippen LogP contribution in [0.2, 0.25) is 0 Å². The SMILES string of the molecule is CC(=O)N[C@@H]1[C@@H](OC2O[C@H](CO)[C@H](O)[C@H](O)[C@H]2O)[C@@H](O)[C@@H](COC2(C(=O)O)C[C@H](O)[C@@H](NC(=O)CO)[C@H]([C@H](O)[C@H](O)CO)O2)O[C@@H]1O. The molecule has 3 aliphatic heterocycles. The van der Waals surface area contributed by atoms with Gasteiger partial charge in [0.1, 0.15) is 73.7 Å². The molecule has 0 aromatic heterocycles. The van der Waals surface area contributed by atoms with Gasteiger partial charge in [-0.25, -0.2) is 4.79 Å². The summed E-state index contributed by atoms with van der Waals surface area (Å²) in [7, 11) is 0. The van der Waals surface area contributed by atoms with E-state index in [1.54, 1.807) is 0 Å². The number of aliphatic hydroxyl groups excluding tert-OH is 11. The minimum absolute atomic E-state index is 0.756. The molecule has 22 heteroatoms. The minimum Gasteiger partial charge on any atom is -0.477 e. The lowest BCUT2D eigenvalue weighted by Gasteiger charge is -2.48. The Labute approximate surface area is 265 Å². The van der Waals surface area contributed by atoms with E-state index in [2.05, 4.69) is 10.6 Å². The molecule has 47 heavy (non-hydrogen) atoms. The summed E-state index contributed by atoms with van der Waals surface area (Å²) in [4.78, 5) is 36.2. The number of carboxylic acid groups (broad SMARTS) is 1. The second-order valence-corrected chi connectivity index (χ2v) is 11.3. The van der Waals surface area contributed by atoms with Crippen molar-refractivity contribution in [2.24, 2.45) is 0 Å². The lowest BCUT2D eigenvalue weighted by molar-refractivity contribution is -0.351. The van der Waals surface area contributed by atoms with Crippen LogP contribution in [0.5, 0.6) is 0 Å². The predicted octanol–water partition coefficient (Wildman–Crippen LogP) is -9.11. The number of amides is 2. The van der Waals surface area contributed by atoms with Gasteiger partial charge in [0.05, 0.1) is 32.0 Å². The Bertz CT molecular complexity index is 1070. The van der Waals surface area contributed by atoms with Gasteiger partial charge in [-0.1, -0.05) is 0 Å². The molecule has 2 unspecified atom stereocenters. The number of carboxylic acids is 1. The fourth-order valence-electron chi connectivity index (χ4n) is 5.45. The molecule has 16 atom stereocenters. The smallest absolute Gasteiger partial charge is 0.364 e. The summed E-state index contributed by atoms with van der Waals surface area (Å²) >= 11 is 0. The summed E-state index contributed by atoms with van der Waals surface area (Å²) < 4.78 is 27.1. The van der Waals surface area contributed by atoms with E-state index in [0.717, 1.165) is 6.92 Å². The summed E-state index contributed by atoms with van der Waals surface area (Å²) in [5, 5.41) is 126. The van der Waals surface area contributed by atoms with E-state index in [1.807, 2.05) is 0 Å². The van der Waals surface area contributed by atoms with Gasteiger partial charge in [0.25, 0.3) is 5.79 Å². The van der Waals surface area contributed by atoms with E-state index in [9.17, 15) is 70.6 Å². The van der Waals surface area contributed by atoms with Crippen LogP contribution in [-0.2, 0) is 38.1 Å². The largest absolute Gasteiger partial charge is 0.477 e. The van der Waals surface area contributed by atoms with Gasteiger partial charge < -0.3 is 95.6 Å². The third-order valence-electron chi connectivity index (χ3n) is 7.97. The summed E-state index contributed by atoms with van der Waals surface area (Å²) in [6, 6.07) is -3.24. The molecule has 14 N–H and O–H groups in total. The quantitative estimate of drug-likeness (QED) is 0.0852. The molecule has 272 valence electrons. The topological polar surface area (TPSA) is 364 Å². The highest BCUT2D eigenvalue weighted by Gasteiger charge is 2.57. The van der Waals surface area contributed by atoms with E-state index in [1.165, 1.54) is 0 Å². The van der Waals surface area contributed by atoms with Gasteiger partial charge in [0.15, 0.2) is 12.6 Å². The Balaban J connectivity index is 1.88. The lowest BCUT2D eigenvalue weighted by atomic mass is 9.88. The standard InChI is InChI=1S/C25H42N2O20/c1-7(31)26-14-20(46-23-19(39)18(38)16(36)10(4-29)45-23)17(37)11(44-22(14)40)6-43-25(24(41)42)2-8(32)13(27-12(34)5-30)21(47-25)15(35)9(33)3-28/h8-11,13-23,28-30,32-33,35-40H,2-6H2,1H3,(H,26,31)(H,27,34)(H,41,42)/t8-,9+,10+,11+,13+,14+,15+,16-,17-,18-,19+,20+,21+,22-,23?,25?/m0/s1. The first-order chi connectivity index (χ1) is 22.0. The van der Waals surface area contributed by atoms with Gasteiger partial charge in [-0.3, -0.25) is 9.59 Å². The van der Waals surface area contributed by atoms with Crippen LogP contribution in [0.1, 0.15) is 13.3 Å². The van der Waals surface area contributed by atoms with Crippen molar-refractivity contribution in [1.82, 2.24) is 10.6 Å². The highest BCUT2D eigenvalue weighted by Crippen LogP contribution is 2.35. The molecule has 2 amide bonds.